The fraction of sp³-hybridized carbons (Fsp3) is 0.357. The van der Waals surface area contributed by atoms with E-state index in [4.69, 9.17) is 32.7 Å². The van der Waals surface area contributed by atoms with Gasteiger partial charge in [0, 0.05) is 36.4 Å². The number of nitrogens with zero attached hydrogens (tertiary/aromatic N) is 1. The summed E-state index contributed by atoms with van der Waals surface area (Å²) in [5, 5.41) is 4.84. The van der Waals surface area contributed by atoms with Crippen molar-refractivity contribution in [3.8, 4) is 11.5 Å². The van der Waals surface area contributed by atoms with Crippen LogP contribution in [0.15, 0.2) is 54.6 Å². The second kappa shape index (κ2) is 11.7. The van der Waals surface area contributed by atoms with Gasteiger partial charge in [-0.2, -0.15) is 0 Å². The smallest absolute Gasteiger partial charge is 0.163 e. The fourth-order valence-electron chi connectivity index (χ4n) is 4.14. The first kappa shape index (κ1) is 24.6. The van der Waals surface area contributed by atoms with Gasteiger partial charge in [-0.1, -0.05) is 53.0 Å². The summed E-state index contributed by atoms with van der Waals surface area (Å²) in [7, 11) is 0. The minimum atomic E-state index is 0.455. The van der Waals surface area contributed by atoms with E-state index in [1.165, 1.54) is 24.8 Å². The van der Waals surface area contributed by atoms with Crippen molar-refractivity contribution >= 4 is 34.6 Å². The number of hydrogen-bond acceptors (Lipinski definition) is 4. The van der Waals surface area contributed by atoms with Gasteiger partial charge in [0.25, 0.3) is 0 Å². The zero-order chi connectivity index (χ0) is 23.9. The number of nitrogens with one attached hydrogen (secondary N) is 1. The first-order chi connectivity index (χ1) is 16.5. The lowest BCUT2D eigenvalue weighted by molar-refractivity contribution is 0.269. The van der Waals surface area contributed by atoms with Crippen LogP contribution in [-0.4, -0.2) is 19.7 Å². The molecule has 180 valence electrons. The fourth-order valence-corrected chi connectivity index (χ4v) is 4.67. The first-order valence-corrected chi connectivity index (χ1v) is 12.7. The minimum Gasteiger partial charge on any atom is -0.490 e. The van der Waals surface area contributed by atoms with Crippen molar-refractivity contribution in [3.63, 3.8) is 0 Å². The third-order valence-electron chi connectivity index (χ3n) is 6.05. The van der Waals surface area contributed by atoms with Crippen molar-refractivity contribution in [1.82, 2.24) is 0 Å². The Bertz CT molecular complexity index is 1100. The largest absolute Gasteiger partial charge is 0.490 e. The summed E-state index contributed by atoms with van der Waals surface area (Å²) >= 11 is 13.2. The molecule has 0 saturated carbocycles. The van der Waals surface area contributed by atoms with Gasteiger partial charge >= 0.3 is 0 Å². The summed E-state index contributed by atoms with van der Waals surface area (Å²) < 4.78 is 11.9. The molecule has 0 spiro atoms. The summed E-state index contributed by atoms with van der Waals surface area (Å²) in [5.74, 6) is 1.33. The molecule has 0 bridgehead atoms. The first-order valence-electron chi connectivity index (χ1n) is 12.0. The highest BCUT2D eigenvalue weighted by atomic mass is 35.5. The molecule has 1 aliphatic rings. The van der Waals surface area contributed by atoms with Crippen molar-refractivity contribution in [2.45, 2.75) is 46.3 Å². The van der Waals surface area contributed by atoms with Gasteiger partial charge in [0.15, 0.2) is 11.5 Å². The van der Waals surface area contributed by atoms with E-state index >= 15 is 0 Å². The summed E-state index contributed by atoms with van der Waals surface area (Å²) in [6, 6.07) is 18.2. The van der Waals surface area contributed by atoms with E-state index in [1.54, 1.807) is 0 Å². The molecule has 0 aromatic heterocycles. The van der Waals surface area contributed by atoms with Gasteiger partial charge in [-0.15, -0.1) is 0 Å². The van der Waals surface area contributed by atoms with E-state index < -0.39 is 0 Å². The maximum atomic E-state index is 6.62. The average molecular weight is 499 g/mol. The molecular formula is C28H32Cl2N2O2. The van der Waals surface area contributed by atoms with Crippen LogP contribution in [-0.2, 0) is 13.2 Å². The molecule has 3 aromatic carbocycles. The topological polar surface area (TPSA) is 33.7 Å². The molecule has 1 saturated heterocycles. The monoisotopic (exact) mass is 498 g/mol. The van der Waals surface area contributed by atoms with Crippen LogP contribution in [0.1, 0.15) is 42.9 Å². The predicted octanol–water partition coefficient (Wildman–Crippen LogP) is 7.88. The van der Waals surface area contributed by atoms with Gasteiger partial charge in [-0.3, -0.25) is 0 Å². The van der Waals surface area contributed by atoms with E-state index in [1.807, 2.05) is 25.1 Å². The number of benzene rings is 3. The molecule has 34 heavy (non-hydrogen) atoms. The Morgan fingerprint density at radius 3 is 2.29 bits per heavy atom. The van der Waals surface area contributed by atoms with Gasteiger partial charge < -0.3 is 19.7 Å². The van der Waals surface area contributed by atoms with Crippen molar-refractivity contribution in [2.24, 2.45) is 0 Å². The lowest BCUT2D eigenvalue weighted by Crippen LogP contribution is -2.29. The summed E-state index contributed by atoms with van der Waals surface area (Å²) in [6.07, 6.45) is 3.75. The molecule has 0 amide bonds. The van der Waals surface area contributed by atoms with Crippen LogP contribution in [0.5, 0.6) is 11.5 Å². The van der Waals surface area contributed by atoms with Gasteiger partial charge in [0.1, 0.15) is 6.61 Å². The molecule has 4 nitrogen and oxygen atoms in total. The molecule has 0 aliphatic carbocycles. The second-order valence-electron chi connectivity index (χ2n) is 8.67. The Morgan fingerprint density at radius 2 is 1.59 bits per heavy atom. The normalized spacial score (nSPS) is 13.6. The molecule has 0 atom stereocenters. The number of hydrogen-bond donors (Lipinski definition) is 1. The molecule has 1 fully saturated rings. The Labute approximate surface area is 212 Å². The molecular weight excluding hydrogens is 467 g/mol. The zero-order valence-electron chi connectivity index (χ0n) is 19.9. The lowest BCUT2D eigenvalue weighted by atomic mass is 10.1. The van der Waals surface area contributed by atoms with E-state index in [2.05, 4.69) is 53.5 Å². The van der Waals surface area contributed by atoms with E-state index in [-0.39, 0.29) is 0 Å². The van der Waals surface area contributed by atoms with Gasteiger partial charge in [0.05, 0.1) is 17.3 Å². The standard InChI is InChI=1S/C28H32Cl2N2O2/c1-3-33-27-15-22(24(29)17-28(27)34-19-21-9-7-20(2)8-10-21)18-31-23-11-12-26(25(30)16-23)32-13-5-4-6-14-32/h7-12,15-17,31H,3-6,13-14,18-19H2,1-2H3. The number of piperidine rings is 1. The predicted molar refractivity (Wildman–Crippen MR) is 143 cm³/mol. The van der Waals surface area contributed by atoms with Crippen molar-refractivity contribution in [1.29, 1.82) is 0 Å². The Hall–Kier alpha value is -2.56. The minimum absolute atomic E-state index is 0.455. The van der Waals surface area contributed by atoms with Crippen molar-refractivity contribution in [3.05, 3.63) is 81.3 Å². The number of halogens is 2. The molecule has 1 heterocycles. The van der Waals surface area contributed by atoms with E-state index in [0.717, 1.165) is 40.6 Å². The van der Waals surface area contributed by atoms with Crippen LogP contribution in [0.2, 0.25) is 10.0 Å². The van der Waals surface area contributed by atoms with E-state index in [0.29, 0.717) is 36.3 Å². The molecule has 1 aliphatic heterocycles. The third-order valence-corrected chi connectivity index (χ3v) is 6.71. The van der Waals surface area contributed by atoms with Crippen LogP contribution in [0.25, 0.3) is 0 Å². The van der Waals surface area contributed by atoms with Crippen molar-refractivity contribution < 1.29 is 9.47 Å². The average Bonchev–Trinajstić information content (AvgIpc) is 2.85. The number of rotatable bonds is 9. The number of ether oxygens (including phenoxy) is 2. The third kappa shape index (κ3) is 6.31. The highest BCUT2D eigenvalue weighted by Crippen LogP contribution is 2.35. The Balaban J connectivity index is 1.43. The SMILES string of the molecule is CCOc1cc(CNc2ccc(N3CCCCC3)c(Cl)c2)c(Cl)cc1OCc1ccc(C)cc1. The van der Waals surface area contributed by atoms with Crippen LogP contribution >= 0.6 is 23.2 Å². The van der Waals surface area contributed by atoms with Gasteiger partial charge in [-0.05, 0) is 68.5 Å². The van der Waals surface area contributed by atoms with Crippen LogP contribution in [0, 0.1) is 6.92 Å². The summed E-state index contributed by atoms with van der Waals surface area (Å²) in [4.78, 5) is 2.37. The molecule has 0 unspecified atom stereocenters. The second-order valence-corrected chi connectivity index (χ2v) is 9.48. The molecule has 0 radical (unpaired) electrons. The summed E-state index contributed by atoms with van der Waals surface area (Å²) in [5.41, 5.74) is 5.32. The number of anilines is 2. The molecule has 1 N–H and O–H groups in total. The van der Waals surface area contributed by atoms with Crippen LogP contribution < -0.4 is 19.7 Å². The molecule has 6 heteroatoms. The molecule has 3 aromatic rings. The highest BCUT2D eigenvalue weighted by molar-refractivity contribution is 6.33. The maximum Gasteiger partial charge on any atom is 0.163 e. The quantitative estimate of drug-likeness (QED) is 0.325. The Kier molecular flexibility index (Phi) is 8.47. The van der Waals surface area contributed by atoms with Crippen LogP contribution in [0.4, 0.5) is 11.4 Å². The number of aryl methyl sites for hydroxylation is 1. The van der Waals surface area contributed by atoms with Crippen molar-refractivity contribution in [2.75, 3.05) is 29.9 Å². The van der Waals surface area contributed by atoms with Crippen LogP contribution in [0.3, 0.4) is 0 Å². The maximum absolute atomic E-state index is 6.62. The highest BCUT2D eigenvalue weighted by Gasteiger charge is 2.15. The molecule has 4 rings (SSSR count). The zero-order valence-corrected chi connectivity index (χ0v) is 21.4. The summed E-state index contributed by atoms with van der Waals surface area (Å²) in [6.45, 7) is 7.72. The van der Waals surface area contributed by atoms with E-state index in [9.17, 15) is 0 Å². The van der Waals surface area contributed by atoms with Gasteiger partial charge in [-0.25, -0.2) is 0 Å². The van der Waals surface area contributed by atoms with Gasteiger partial charge in [0.2, 0.25) is 0 Å². The Morgan fingerprint density at radius 1 is 0.853 bits per heavy atom. The lowest BCUT2D eigenvalue weighted by Gasteiger charge is -2.29.